The quantitative estimate of drug-likeness (QED) is 0.740. The predicted octanol–water partition coefficient (Wildman–Crippen LogP) is 4.19. The molecule has 5 heteroatoms. The molecule has 3 rings (SSSR count). The third-order valence-corrected chi connectivity index (χ3v) is 4.94. The Labute approximate surface area is 154 Å². The zero-order chi connectivity index (χ0) is 17.1. The van der Waals surface area contributed by atoms with Crippen molar-refractivity contribution in [3.63, 3.8) is 0 Å². The normalized spacial score (nSPS) is 15.8. The van der Waals surface area contributed by atoms with Crippen LogP contribution in [-0.4, -0.2) is 16.7 Å². The maximum atomic E-state index is 12.5. The average molecular weight is 432 g/mol. The van der Waals surface area contributed by atoms with Crippen molar-refractivity contribution in [2.75, 3.05) is 5.32 Å². The lowest BCUT2D eigenvalue weighted by Crippen LogP contribution is -2.33. The van der Waals surface area contributed by atoms with E-state index in [0.717, 1.165) is 20.4 Å². The van der Waals surface area contributed by atoms with Crippen molar-refractivity contribution in [1.29, 1.82) is 0 Å². The van der Waals surface area contributed by atoms with Crippen LogP contribution in [0.15, 0.2) is 54.7 Å². The van der Waals surface area contributed by atoms with Gasteiger partial charge in [0.2, 0.25) is 11.8 Å². The van der Waals surface area contributed by atoms with Gasteiger partial charge in [-0.2, -0.15) is 0 Å². The Bertz CT molecular complexity index is 817. The Kier molecular flexibility index (Phi) is 4.99. The molecule has 0 aromatic heterocycles. The van der Waals surface area contributed by atoms with Crippen molar-refractivity contribution < 1.29 is 9.59 Å². The summed E-state index contributed by atoms with van der Waals surface area (Å²) in [5, 5.41) is 2.94. The summed E-state index contributed by atoms with van der Waals surface area (Å²) >= 11 is 2.19. The van der Waals surface area contributed by atoms with Gasteiger partial charge >= 0.3 is 0 Å². The van der Waals surface area contributed by atoms with Crippen molar-refractivity contribution in [2.24, 2.45) is 0 Å². The second-order valence-electron chi connectivity index (χ2n) is 5.62. The zero-order valence-corrected chi connectivity index (χ0v) is 15.4. The number of fused-ring (bicyclic) bond motifs is 1. The minimum Gasteiger partial charge on any atom is -0.325 e. The summed E-state index contributed by atoms with van der Waals surface area (Å²) in [6.45, 7) is 1.52. The number of anilines is 1. The monoisotopic (exact) mass is 432 g/mol. The Balaban J connectivity index is 1.83. The molecule has 4 nitrogen and oxygen atoms in total. The molecule has 0 unspecified atom stereocenters. The molecule has 1 aliphatic heterocycles. The minimum absolute atomic E-state index is 0.0761. The summed E-state index contributed by atoms with van der Waals surface area (Å²) < 4.78 is 0.982. The first-order valence-corrected chi connectivity index (χ1v) is 8.74. The molecule has 2 amide bonds. The Hall–Kier alpha value is -2.15. The molecule has 24 heavy (non-hydrogen) atoms. The third-order valence-electron chi connectivity index (χ3n) is 4.00. The summed E-state index contributed by atoms with van der Waals surface area (Å²) in [5.74, 6) is -0.187. The number of hydrogen-bond acceptors (Lipinski definition) is 2. The van der Waals surface area contributed by atoms with Crippen LogP contribution < -0.4 is 5.32 Å². The van der Waals surface area contributed by atoms with Gasteiger partial charge in [0.05, 0.1) is 18.2 Å². The number of halogens is 1. The molecule has 1 heterocycles. The number of rotatable bonds is 3. The molecule has 0 saturated carbocycles. The van der Waals surface area contributed by atoms with Crippen LogP contribution in [0.5, 0.6) is 0 Å². The SMILES string of the molecule is CC(=O)N1C=Cc2ccccc2[C@@H]1CC(=O)Nc1ccccc1I. The molecule has 1 aliphatic rings. The summed E-state index contributed by atoms with van der Waals surface area (Å²) in [6, 6.07) is 15.2. The molecule has 0 saturated heterocycles. The van der Waals surface area contributed by atoms with E-state index in [1.54, 1.807) is 11.1 Å². The molecule has 2 aromatic carbocycles. The summed E-state index contributed by atoms with van der Waals surface area (Å²) in [6.07, 6.45) is 3.88. The van der Waals surface area contributed by atoms with Crippen LogP contribution in [0.4, 0.5) is 5.69 Å². The minimum atomic E-state index is -0.287. The molecule has 0 bridgehead atoms. The highest BCUT2D eigenvalue weighted by Crippen LogP contribution is 2.33. The van der Waals surface area contributed by atoms with Crippen LogP contribution in [0.3, 0.4) is 0 Å². The summed E-state index contributed by atoms with van der Waals surface area (Å²) in [7, 11) is 0. The van der Waals surface area contributed by atoms with Crippen molar-refractivity contribution in [2.45, 2.75) is 19.4 Å². The lowest BCUT2D eigenvalue weighted by Gasteiger charge is -2.32. The molecular formula is C19H17IN2O2. The number of nitrogens with zero attached hydrogens (tertiary/aromatic N) is 1. The number of hydrogen-bond donors (Lipinski definition) is 1. The van der Waals surface area contributed by atoms with Gasteiger partial charge in [0.1, 0.15) is 0 Å². The molecule has 0 spiro atoms. The first-order valence-electron chi connectivity index (χ1n) is 7.66. The number of nitrogens with one attached hydrogen (secondary N) is 1. The molecule has 2 aromatic rings. The van der Waals surface area contributed by atoms with E-state index in [1.165, 1.54) is 6.92 Å². The highest BCUT2D eigenvalue weighted by Gasteiger charge is 2.28. The van der Waals surface area contributed by atoms with E-state index in [-0.39, 0.29) is 24.3 Å². The van der Waals surface area contributed by atoms with Gasteiger partial charge in [-0.1, -0.05) is 36.4 Å². The highest BCUT2D eigenvalue weighted by atomic mass is 127. The van der Waals surface area contributed by atoms with Gasteiger partial charge < -0.3 is 10.2 Å². The second kappa shape index (κ2) is 7.17. The predicted molar refractivity (Wildman–Crippen MR) is 103 cm³/mol. The van der Waals surface area contributed by atoms with E-state index in [2.05, 4.69) is 27.9 Å². The fourth-order valence-electron chi connectivity index (χ4n) is 2.85. The lowest BCUT2D eigenvalue weighted by atomic mass is 9.93. The standard InChI is InChI=1S/C19H17IN2O2/c1-13(23)22-11-10-14-6-2-3-7-15(14)18(22)12-19(24)21-17-9-5-4-8-16(17)20/h2-11,18H,12H2,1H3,(H,21,24)/t18-/m0/s1. The molecule has 0 fully saturated rings. The summed E-state index contributed by atoms with van der Waals surface area (Å²) in [5.41, 5.74) is 2.83. The maximum Gasteiger partial charge on any atom is 0.226 e. The largest absolute Gasteiger partial charge is 0.325 e. The van der Waals surface area contributed by atoms with Crippen molar-refractivity contribution >= 4 is 46.2 Å². The molecule has 1 atom stereocenters. The number of carbonyl (C=O) groups is 2. The Morgan fingerprint density at radius 2 is 1.83 bits per heavy atom. The number of para-hydroxylation sites is 1. The van der Waals surface area contributed by atoms with Crippen molar-refractivity contribution in [3.8, 4) is 0 Å². The van der Waals surface area contributed by atoms with Gasteiger partial charge in [0.15, 0.2) is 0 Å². The molecule has 1 N–H and O–H groups in total. The van der Waals surface area contributed by atoms with Gasteiger partial charge in [-0.15, -0.1) is 0 Å². The number of benzene rings is 2. The zero-order valence-electron chi connectivity index (χ0n) is 13.2. The van der Waals surface area contributed by atoms with Gasteiger partial charge in [-0.3, -0.25) is 9.59 Å². The highest BCUT2D eigenvalue weighted by molar-refractivity contribution is 14.1. The third kappa shape index (κ3) is 3.51. The van der Waals surface area contributed by atoms with E-state index in [0.29, 0.717) is 0 Å². The van der Waals surface area contributed by atoms with Gasteiger partial charge in [0.25, 0.3) is 0 Å². The maximum absolute atomic E-state index is 12.5. The average Bonchev–Trinajstić information content (AvgIpc) is 2.57. The second-order valence-corrected chi connectivity index (χ2v) is 6.78. The lowest BCUT2D eigenvalue weighted by molar-refractivity contribution is -0.129. The molecule has 122 valence electrons. The molecule has 0 radical (unpaired) electrons. The van der Waals surface area contributed by atoms with Crippen LogP contribution >= 0.6 is 22.6 Å². The first-order chi connectivity index (χ1) is 11.6. The molecule has 0 aliphatic carbocycles. The molecular weight excluding hydrogens is 415 g/mol. The van der Waals surface area contributed by atoms with E-state index >= 15 is 0 Å². The van der Waals surface area contributed by atoms with Gasteiger partial charge in [-0.05, 0) is 51.9 Å². The fraction of sp³-hybridized carbons (Fsp3) is 0.158. The van der Waals surface area contributed by atoms with E-state index in [9.17, 15) is 9.59 Å². The van der Waals surface area contributed by atoms with E-state index in [1.807, 2.05) is 54.6 Å². The van der Waals surface area contributed by atoms with E-state index in [4.69, 9.17) is 0 Å². The Morgan fingerprint density at radius 3 is 2.58 bits per heavy atom. The van der Waals surface area contributed by atoms with Gasteiger partial charge in [-0.25, -0.2) is 0 Å². The van der Waals surface area contributed by atoms with Crippen LogP contribution in [0.1, 0.15) is 30.5 Å². The van der Waals surface area contributed by atoms with Crippen LogP contribution in [-0.2, 0) is 9.59 Å². The van der Waals surface area contributed by atoms with Crippen LogP contribution in [0.2, 0.25) is 0 Å². The van der Waals surface area contributed by atoms with Crippen molar-refractivity contribution in [3.05, 3.63) is 69.4 Å². The van der Waals surface area contributed by atoms with Crippen molar-refractivity contribution in [1.82, 2.24) is 4.90 Å². The Morgan fingerprint density at radius 1 is 1.12 bits per heavy atom. The van der Waals surface area contributed by atoms with Crippen LogP contribution in [0, 0.1) is 3.57 Å². The smallest absolute Gasteiger partial charge is 0.226 e. The van der Waals surface area contributed by atoms with Crippen LogP contribution in [0.25, 0.3) is 6.08 Å². The summed E-state index contributed by atoms with van der Waals surface area (Å²) in [4.78, 5) is 26.1. The topological polar surface area (TPSA) is 49.4 Å². The van der Waals surface area contributed by atoms with E-state index < -0.39 is 0 Å². The number of amides is 2. The van der Waals surface area contributed by atoms with Gasteiger partial charge in [0, 0.05) is 16.7 Å². The fourth-order valence-corrected chi connectivity index (χ4v) is 3.37. The first kappa shape index (κ1) is 16.7. The number of carbonyl (C=O) groups excluding carboxylic acids is 2.